The molecule has 0 heterocycles. The molecule has 0 bridgehead atoms. The van der Waals surface area contributed by atoms with Gasteiger partial charge in [0, 0.05) is 22.9 Å². The van der Waals surface area contributed by atoms with Gasteiger partial charge in [-0.1, -0.05) is 66.0 Å². The average Bonchev–Trinajstić information content (AvgIpc) is 2.70. The van der Waals surface area contributed by atoms with E-state index in [-0.39, 0.29) is 24.1 Å². The largest absolute Gasteiger partial charge is 0.350 e. The highest BCUT2D eigenvalue weighted by Gasteiger charge is 2.30. The molecule has 1 atom stereocenters. The van der Waals surface area contributed by atoms with E-state index >= 15 is 0 Å². The highest BCUT2D eigenvalue weighted by molar-refractivity contribution is 7.99. The number of hydrogen-bond donors (Lipinski definition) is 1. The second kappa shape index (κ2) is 12.2. The van der Waals surface area contributed by atoms with Crippen molar-refractivity contribution in [3.8, 4) is 0 Å². The van der Waals surface area contributed by atoms with Crippen molar-refractivity contribution in [2.75, 3.05) is 5.75 Å². The van der Waals surface area contributed by atoms with Crippen molar-refractivity contribution >= 4 is 58.4 Å². The fourth-order valence-corrected chi connectivity index (χ4v) is 4.67. The van der Waals surface area contributed by atoms with Crippen molar-refractivity contribution in [2.24, 2.45) is 0 Å². The molecule has 2 amide bonds. The van der Waals surface area contributed by atoms with Gasteiger partial charge in [-0.2, -0.15) is 0 Å². The van der Waals surface area contributed by atoms with Gasteiger partial charge in [0.15, 0.2) is 0 Å². The fraction of sp³-hybridized carbons (Fsp3) is 0.417. The number of thioether (sulfide) groups is 1. The van der Waals surface area contributed by atoms with Gasteiger partial charge in [0.05, 0.1) is 15.8 Å². The lowest BCUT2D eigenvalue weighted by atomic mass is 10.1. The van der Waals surface area contributed by atoms with Crippen LogP contribution in [0.1, 0.15) is 45.2 Å². The molecule has 1 unspecified atom stereocenters. The molecular formula is C24H29Cl3N2O2S. The van der Waals surface area contributed by atoms with E-state index in [1.54, 1.807) is 17.0 Å². The molecule has 8 heteroatoms. The maximum Gasteiger partial charge on any atom is 0.243 e. The minimum absolute atomic E-state index is 0.121. The van der Waals surface area contributed by atoms with Gasteiger partial charge < -0.3 is 10.2 Å². The molecule has 0 spiro atoms. The Morgan fingerprint density at radius 2 is 1.72 bits per heavy atom. The first-order valence-electron chi connectivity index (χ1n) is 10.4. The van der Waals surface area contributed by atoms with Crippen LogP contribution in [0.15, 0.2) is 42.5 Å². The van der Waals surface area contributed by atoms with Crippen LogP contribution >= 0.6 is 46.6 Å². The number of hydrogen-bond acceptors (Lipinski definition) is 3. The van der Waals surface area contributed by atoms with Gasteiger partial charge in [0.25, 0.3) is 0 Å². The molecule has 4 nitrogen and oxygen atoms in total. The molecule has 0 aliphatic heterocycles. The van der Waals surface area contributed by atoms with Crippen LogP contribution in [0.3, 0.4) is 0 Å². The number of nitrogens with one attached hydrogen (secondary N) is 1. The first-order chi connectivity index (χ1) is 15.0. The molecule has 2 rings (SSSR count). The second-order valence-electron chi connectivity index (χ2n) is 8.52. The predicted molar refractivity (Wildman–Crippen MR) is 137 cm³/mol. The summed E-state index contributed by atoms with van der Waals surface area (Å²) < 4.78 is 0. The number of rotatable bonds is 9. The van der Waals surface area contributed by atoms with Gasteiger partial charge >= 0.3 is 0 Å². The van der Waals surface area contributed by atoms with Gasteiger partial charge in [-0.05, 0) is 56.5 Å². The normalized spacial score (nSPS) is 12.3. The standard InChI is InChI=1S/C24H29Cl3N2O2S/c1-5-21(23(31)28-24(2,3)4)29(13-16-10-11-19(26)20(27)12-16)22(30)15-32-14-17-8-6-7-9-18(17)25/h6-12,21H,5,13-15H2,1-4H3,(H,28,31). The van der Waals surface area contributed by atoms with Gasteiger partial charge in [-0.25, -0.2) is 0 Å². The summed E-state index contributed by atoms with van der Waals surface area (Å²) in [5, 5.41) is 4.53. The first kappa shape index (κ1) is 26.8. The monoisotopic (exact) mass is 514 g/mol. The Hall–Kier alpha value is -1.40. The molecule has 0 fully saturated rings. The quantitative estimate of drug-likeness (QED) is 0.409. The number of benzene rings is 2. The Balaban J connectivity index is 2.20. The molecule has 2 aromatic carbocycles. The van der Waals surface area contributed by atoms with E-state index < -0.39 is 11.6 Å². The highest BCUT2D eigenvalue weighted by Crippen LogP contribution is 2.25. The highest BCUT2D eigenvalue weighted by atomic mass is 35.5. The molecule has 1 N–H and O–H groups in total. The summed E-state index contributed by atoms with van der Waals surface area (Å²) in [4.78, 5) is 27.9. The number of halogens is 3. The van der Waals surface area contributed by atoms with E-state index in [1.165, 1.54) is 11.8 Å². The van der Waals surface area contributed by atoms with Crippen molar-refractivity contribution in [3.05, 3.63) is 68.7 Å². The van der Waals surface area contributed by atoms with Crippen LogP contribution in [0.2, 0.25) is 15.1 Å². The molecule has 174 valence electrons. The third kappa shape index (κ3) is 8.18. The molecule has 0 radical (unpaired) electrons. The zero-order chi connectivity index (χ0) is 23.9. The van der Waals surface area contributed by atoms with Crippen LogP contribution in [0.5, 0.6) is 0 Å². The van der Waals surface area contributed by atoms with E-state index in [9.17, 15) is 9.59 Å². The Bertz CT molecular complexity index is 947. The van der Waals surface area contributed by atoms with Gasteiger partial charge in [0.1, 0.15) is 6.04 Å². The summed E-state index contributed by atoms with van der Waals surface area (Å²) in [5.41, 5.74) is 1.38. The number of amides is 2. The SMILES string of the molecule is CCC(C(=O)NC(C)(C)C)N(Cc1ccc(Cl)c(Cl)c1)C(=O)CSCc1ccccc1Cl. The number of carbonyl (C=O) groups excluding carboxylic acids is 2. The topological polar surface area (TPSA) is 49.4 Å². The minimum atomic E-state index is -0.600. The molecule has 32 heavy (non-hydrogen) atoms. The molecule has 0 aromatic heterocycles. The smallest absolute Gasteiger partial charge is 0.243 e. The molecular weight excluding hydrogens is 487 g/mol. The van der Waals surface area contributed by atoms with Crippen molar-refractivity contribution in [2.45, 2.75) is 58.0 Å². The zero-order valence-corrected chi connectivity index (χ0v) is 21.8. The summed E-state index contributed by atoms with van der Waals surface area (Å²) in [6.07, 6.45) is 0.490. The van der Waals surface area contributed by atoms with Gasteiger partial charge in [-0.15, -0.1) is 11.8 Å². The summed E-state index contributed by atoms with van der Waals surface area (Å²) >= 11 is 19.9. The third-order valence-electron chi connectivity index (χ3n) is 4.66. The lowest BCUT2D eigenvalue weighted by molar-refractivity contribution is -0.140. The van der Waals surface area contributed by atoms with Crippen molar-refractivity contribution in [1.29, 1.82) is 0 Å². The van der Waals surface area contributed by atoms with Crippen LogP contribution in [-0.4, -0.2) is 34.0 Å². The van der Waals surface area contributed by atoms with E-state index in [4.69, 9.17) is 34.8 Å². The van der Waals surface area contributed by atoms with E-state index in [0.29, 0.717) is 27.2 Å². The summed E-state index contributed by atoms with van der Waals surface area (Å²) in [6, 6.07) is 12.2. The molecule has 0 aliphatic carbocycles. The minimum Gasteiger partial charge on any atom is -0.350 e. The maximum atomic E-state index is 13.3. The fourth-order valence-electron chi connectivity index (χ4n) is 3.15. The van der Waals surface area contributed by atoms with Crippen LogP contribution < -0.4 is 5.32 Å². The maximum absolute atomic E-state index is 13.3. The first-order valence-corrected chi connectivity index (χ1v) is 12.7. The summed E-state index contributed by atoms with van der Waals surface area (Å²) in [5.74, 6) is 0.539. The van der Waals surface area contributed by atoms with E-state index in [0.717, 1.165) is 11.1 Å². The van der Waals surface area contributed by atoms with Crippen LogP contribution in [0.25, 0.3) is 0 Å². The Morgan fingerprint density at radius 1 is 1.03 bits per heavy atom. The van der Waals surface area contributed by atoms with Crippen molar-refractivity contribution < 1.29 is 9.59 Å². The Morgan fingerprint density at radius 3 is 2.31 bits per heavy atom. The van der Waals surface area contributed by atoms with Crippen LogP contribution in [0.4, 0.5) is 0 Å². The second-order valence-corrected chi connectivity index (χ2v) is 10.7. The van der Waals surface area contributed by atoms with Crippen molar-refractivity contribution in [3.63, 3.8) is 0 Å². The van der Waals surface area contributed by atoms with Gasteiger partial charge in [-0.3, -0.25) is 9.59 Å². The molecule has 0 aliphatic rings. The van der Waals surface area contributed by atoms with Crippen LogP contribution in [0, 0.1) is 0 Å². The number of nitrogens with zero attached hydrogens (tertiary/aromatic N) is 1. The zero-order valence-electron chi connectivity index (χ0n) is 18.8. The van der Waals surface area contributed by atoms with E-state index in [1.807, 2.05) is 58.0 Å². The van der Waals surface area contributed by atoms with E-state index in [2.05, 4.69) is 5.32 Å². The lowest BCUT2D eigenvalue weighted by Crippen LogP contribution is -2.53. The average molecular weight is 516 g/mol. The Labute approximate surface area is 210 Å². The van der Waals surface area contributed by atoms with Gasteiger partial charge in [0.2, 0.25) is 11.8 Å². The molecule has 0 saturated carbocycles. The lowest BCUT2D eigenvalue weighted by Gasteiger charge is -2.33. The van der Waals surface area contributed by atoms with Crippen LogP contribution in [-0.2, 0) is 21.9 Å². The predicted octanol–water partition coefficient (Wildman–Crippen LogP) is 6.60. The summed E-state index contributed by atoms with van der Waals surface area (Å²) in [6.45, 7) is 7.92. The Kier molecular flexibility index (Phi) is 10.2. The molecule has 2 aromatic rings. The third-order valence-corrected chi connectivity index (χ3v) is 6.74. The number of carbonyl (C=O) groups is 2. The summed E-state index contributed by atoms with van der Waals surface area (Å²) in [7, 11) is 0. The molecule has 0 saturated heterocycles. The van der Waals surface area contributed by atoms with Crippen molar-refractivity contribution in [1.82, 2.24) is 10.2 Å².